The lowest BCUT2D eigenvalue weighted by molar-refractivity contribution is 0.0976. The van der Waals surface area contributed by atoms with Crippen molar-refractivity contribution in [1.82, 2.24) is 0 Å². The summed E-state index contributed by atoms with van der Waals surface area (Å²) in [5, 5.41) is 0. The fourth-order valence-corrected chi connectivity index (χ4v) is 1.97. The molecule has 9 heavy (non-hydrogen) atoms. The van der Waals surface area contributed by atoms with E-state index in [2.05, 4.69) is 6.08 Å². The highest BCUT2D eigenvalue weighted by molar-refractivity contribution is 5.20. The van der Waals surface area contributed by atoms with Crippen molar-refractivity contribution in [2.75, 3.05) is 7.11 Å². The van der Waals surface area contributed by atoms with Crippen molar-refractivity contribution in [3.8, 4) is 0 Å². The Morgan fingerprint density at radius 3 is 2.89 bits per heavy atom. The second-order valence-corrected chi connectivity index (χ2v) is 3.03. The summed E-state index contributed by atoms with van der Waals surface area (Å²) in [5.74, 6) is 0.838. The van der Waals surface area contributed by atoms with Gasteiger partial charge >= 0.3 is 0 Å². The van der Waals surface area contributed by atoms with E-state index in [0.29, 0.717) is 6.10 Å². The van der Waals surface area contributed by atoms with Gasteiger partial charge in [-0.3, -0.25) is 0 Å². The summed E-state index contributed by atoms with van der Waals surface area (Å²) in [6.45, 7) is 0. The molecule has 0 heterocycles. The molecular weight excluding hydrogens is 112 g/mol. The smallest absolute Gasteiger partial charge is 0.0785 e. The molecule has 2 rings (SSSR count). The zero-order chi connectivity index (χ0) is 6.27. The second-order valence-electron chi connectivity index (χ2n) is 3.03. The highest BCUT2D eigenvalue weighted by atomic mass is 16.5. The minimum absolute atomic E-state index is 0.466. The van der Waals surface area contributed by atoms with Gasteiger partial charge in [0.05, 0.1) is 6.10 Å². The molecule has 1 nitrogen and oxygen atoms in total. The van der Waals surface area contributed by atoms with Gasteiger partial charge in [-0.05, 0) is 25.2 Å². The highest BCUT2D eigenvalue weighted by Crippen LogP contribution is 2.40. The lowest BCUT2D eigenvalue weighted by atomic mass is 10.0. The first kappa shape index (κ1) is 5.48. The zero-order valence-electron chi connectivity index (χ0n) is 5.76. The molecule has 2 aliphatic rings. The minimum atomic E-state index is 0.466. The molecule has 0 saturated heterocycles. The topological polar surface area (TPSA) is 9.23 Å². The Morgan fingerprint density at radius 2 is 2.56 bits per heavy atom. The molecule has 0 N–H and O–H groups in total. The normalized spacial score (nSPS) is 39.4. The number of rotatable bonds is 1. The van der Waals surface area contributed by atoms with Crippen LogP contribution < -0.4 is 0 Å². The molecule has 2 unspecified atom stereocenters. The summed E-state index contributed by atoms with van der Waals surface area (Å²) < 4.78 is 5.27. The molecule has 1 saturated carbocycles. The molecule has 0 radical (unpaired) electrons. The van der Waals surface area contributed by atoms with Crippen molar-refractivity contribution in [2.24, 2.45) is 5.92 Å². The Bertz CT molecular complexity index is 149. The van der Waals surface area contributed by atoms with Gasteiger partial charge in [-0.25, -0.2) is 0 Å². The van der Waals surface area contributed by atoms with Crippen LogP contribution in [-0.4, -0.2) is 13.2 Å². The molecule has 2 atom stereocenters. The molecule has 0 aliphatic heterocycles. The minimum Gasteiger partial charge on any atom is -0.377 e. The van der Waals surface area contributed by atoms with Gasteiger partial charge in [-0.15, -0.1) is 0 Å². The zero-order valence-corrected chi connectivity index (χ0v) is 5.76. The maximum Gasteiger partial charge on any atom is 0.0785 e. The molecule has 1 fully saturated rings. The summed E-state index contributed by atoms with van der Waals surface area (Å²) >= 11 is 0. The molecule has 50 valence electrons. The molecule has 0 spiro atoms. The number of allylic oxidation sites excluding steroid dienone is 1. The van der Waals surface area contributed by atoms with Crippen molar-refractivity contribution < 1.29 is 4.74 Å². The van der Waals surface area contributed by atoms with E-state index < -0.39 is 0 Å². The van der Waals surface area contributed by atoms with E-state index in [1.165, 1.54) is 19.3 Å². The first-order chi connectivity index (χ1) is 4.40. The van der Waals surface area contributed by atoms with Crippen LogP contribution in [-0.2, 0) is 4.74 Å². The molecule has 1 heteroatoms. The average Bonchev–Trinajstić information content (AvgIpc) is 2.45. The second kappa shape index (κ2) is 1.84. The van der Waals surface area contributed by atoms with Crippen LogP contribution in [0.2, 0.25) is 0 Å². The first-order valence-corrected chi connectivity index (χ1v) is 3.62. The number of fused-ring (bicyclic) bond motifs is 2. The molecule has 2 aliphatic carbocycles. The van der Waals surface area contributed by atoms with Gasteiger partial charge in [0.2, 0.25) is 0 Å². The monoisotopic (exact) mass is 124 g/mol. The number of hydrogen-bond acceptors (Lipinski definition) is 1. The quantitative estimate of drug-likeness (QED) is 0.484. The van der Waals surface area contributed by atoms with E-state index in [1.54, 1.807) is 5.57 Å². The van der Waals surface area contributed by atoms with E-state index >= 15 is 0 Å². The Hall–Kier alpha value is -0.300. The summed E-state index contributed by atoms with van der Waals surface area (Å²) in [6.07, 6.45) is 6.79. The van der Waals surface area contributed by atoms with E-state index in [4.69, 9.17) is 4.74 Å². The van der Waals surface area contributed by atoms with Crippen molar-refractivity contribution in [2.45, 2.75) is 25.4 Å². The standard InChI is InChI=1S/C8H12O/c1-9-8-5-6-2-3-7(8)4-6/h5,7-8H,2-4H2,1H3. The van der Waals surface area contributed by atoms with Crippen molar-refractivity contribution in [3.63, 3.8) is 0 Å². The Balaban J connectivity index is 2.16. The Labute approximate surface area is 55.7 Å². The van der Waals surface area contributed by atoms with Crippen LogP contribution in [0.5, 0.6) is 0 Å². The van der Waals surface area contributed by atoms with E-state index in [0.717, 1.165) is 5.92 Å². The molecular formula is C8H12O. The SMILES string of the molecule is COC1C=C2CCC1C2. The number of hydrogen-bond donors (Lipinski definition) is 0. The highest BCUT2D eigenvalue weighted by Gasteiger charge is 2.32. The lowest BCUT2D eigenvalue weighted by Crippen LogP contribution is -2.15. The largest absolute Gasteiger partial charge is 0.377 e. The fourth-order valence-electron chi connectivity index (χ4n) is 1.97. The number of methoxy groups -OCH3 is 1. The fraction of sp³-hybridized carbons (Fsp3) is 0.750. The van der Waals surface area contributed by atoms with Crippen LogP contribution in [0.1, 0.15) is 19.3 Å². The summed E-state index contributed by atoms with van der Waals surface area (Å²) in [5.41, 5.74) is 1.63. The maximum absolute atomic E-state index is 5.27. The first-order valence-electron chi connectivity index (χ1n) is 3.62. The van der Waals surface area contributed by atoms with Crippen LogP contribution in [0.3, 0.4) is 0 Å². The predicted octanol–water partition coefficient (Wildman–Crippen LogP) is 1.74. The predicted molar refractivity (Wildman–Crippen MR) is 36.2 cm³/mol. The molecule has 0 aromatic carbocycles. The van der Waals surface area contributed by atoms with Crippen LogP contribution >= 0.6 is 0 Å². The van der Waals surface area contributed by atoms with Gasteiger partial charge in [0.25, 0.3) is 0 Å². The molecule has 0 aromatic rings. The van der Waals surface area contributed by atoms with Crippen molar-refractivity contribution >= 4 is 0 Å². The van der Waals surface area contributed by atoms with Crippen LogP contribution in [0.4, 0.5) is 0 Å². The molecule has 0 amide bonds. The number of ether oxygens (including phenoxy) is 1. The van der Waals surface area contributed by atoms with E-state index in [9.17, 15) is 0 Å². The van der Waals surface area contributed by atoms with Crippen LogP contribution in [0, 0.1) is 5.92 Å². The third-order valence-corrected chi connectivity index (χ3v) is 2.50. The molecule has 2 bridgehead atoms. The lowest BCUT2D eigenvalue weighted by Gasteiger charge is -2.15. The van der Waals surface area contributed by atoms with Crippen LogP contribution in [0.15, 0.2) is 11.6 Å². The van der Waals surface area contributed by atoms with Gasteiger partial charge in [0, 0.05) is 7.11 Å². The van der Waals surface area contributed by atoms with Crippen molar-refractivity contribution in [1.29, 1.82) is 0 Å². The Morgan fingerprint density at radius 1 is 1.67 bits per heavy atom. The van der Waals surface area contributed by atoms with E-state index in [-0.39, 0.29) is 0 Å². The average molecular weight is 124 g/mol. The summed E-state index contributed by atoms with van der Waals surface area (Å²) in [7, 11) is 1.81. The van der Waals surface area contributed by atoms with Gasteiger partial charge < -0.3 is 4.74 Å². The van der Waals surface area contributed by atoms with Gasteiger partial charge in [0.1, 0.15) is 0 Å². The van der Waals surface area contributed by atoms with Gasteiger partial charge in [-0.2, -0.15) is 0 Å². The van der Waals surface area contributed by atoms with Gasteiger partial charge in [0.15, 0.2) is 0 Å². The maximum atomic E-state index is 5.27. The third-order valence-electron chi connectivity index (χ3n) is 2.50. The summed E-state index contributed by atoms with van der Waals surface area (Å²) in [6, 6.07) is 0. The Kier molecular flexibility index (Phi) is 1.12. The van der Waals surface area contributed by atoms with Crippen LogP contribution in [0.25, 0.3) is 0 Å². The van der Waals surface area contributed by atoms with Crippen molar-refractivity contribution in [3.05, 3.63) is 11.6 Å². The molecule has 0 aromatic heterocycles. The van der Waals surface area contributed by atoms with Gasteiger partial charge in [-0.1, -0.05) is 11.6 Å². The summed E-state index contributed by atoms with van der Waals surface area (Å²) in [4.78, 5) is 0. The third kappa shape index (κ3) is 0.715. The van der Waals surface area contributed by atoms with E-state index in [1.807, 2.05) is 7.11 Å².